The molecular weight excluding hydrogens is 236 g/mol. The number of hydrogen-bond donors (Lipinski definition) is 1. The summed E-state index contributed by atoms with van der Waals surface area (Å²) in [5, 5.41) is 3.37. The molecule has 0 saturated heterocycles. The van der Waals surface area contributed by atoms with Crippen LogP contribution in [-0.4, -0.2) is 24.7 Å². The lowest BCUT2D eigenvalue weighted by atomic mass is 10.2. The van der Waals surface area contributed by atoms with Crippen LogP contribution < -0.4 is 5.32 Å². The summed E-state index contributed by atoms with van der Waals surface area (Å²) in [6.45, 7) is 5.61. The number of aryl methyl sites for hydroxylation is 1. The largest absolute Gasteiger partial charge is 0.380 e. The highest BCUT2D eigenvalue weighted by molar-refractivity contribution is 5.85. The number of rotatable bonds is 7. The second-order valence-electron chi connectivity index (χ2n) is 4.44. The van der Waals surface area contributed by atoms with Crippen LogP contribution in [0, 0.1) is 12.8 Å². The number of halogens is 1. The second kappa shape index (κ2) is 7.64. The zero-order valence-electron chi connectivity index (χ0n) is 10.3. The molecule has 0 aliphatic heterocycles. The zero-order valence-corrected chi connectivity index (χ0v) is 11.1. The van der Waals surface area contributed by atoms with E-state index in [1.165, 1.54) is 18.4 Å². The molecule has 1 heterocycles. The van der Waals surface area contributed by atoms with Crippen molar-refractivity contribution >= 4 is 12.4 Å². The summed E-state index contributed by atoms with van der Waals surface area (Å²) in [6, 6.07) is 4.09. The average Bonchev–Trinajstić information content (AvgIpc) is 3.09. The van der Waals surface area contributed by atoms with Crippen molar-refractivity contribution in [2.45, 2.75) is 26.3 Å². The predicted molar refractivity (Wildman–Crippen MR) is 71.5 cm³/mol. The Hall–Kier alpha value is -0.640. The molecule has 1 fully saturated rings. The Balaban J connectivity index is 0.00000144. The maximum atomic E-state index is 5.55. The summed E-state index contributed by atoms with van der Waals surface area (Å²) in [4.78, 5) is 4.25. The summed E-state index contributed by atoms with van der Waals surface area (Å²) < 4.78 is 5.55. The third-order valence-electron chi connectivity index (χ3n) is 2.91. The number of aromatic nitrogens is 1. The third kappa shape index (κ3) is 5.48. The molecule has 0 radical (unpaired) electrons. The number of pyridine rings is 1. The molecule has 96 valence electrons. The van der Waals surface area contributed by atoms with E-state index in [1.54, 1.807) is 0 Å². The molecule has 17 heavy (non-hydrogen) atoms. The van der Waals surface area contributed by atoms with Gasteiger partial charge in [-0.2, -0.15) is 0 Å². The summed E-state index contributed by atoms with van der Waals surface area (Å²) in [6.07, 6.45) is 4.56. The van der Waals surface area contributed by atoms with Crippen molar-refractivity contribution in [2.75, 3.05) is 19.8 Å². The fraction of sp³-hybridized carbons (Fsp3) is 0.615. The van der Waals surface area contributed by atoms with Gasteiger partial charge in [0.05, 0.1) is 6.61 Å². The Labute approximate surface area is 109 Å². The van der Waals surface area contributed by atoms with Gasteiger partial charge in [0.2, 0.25) is 0 Å². The Morgan fingerprint density at radius 3 is 3.00 bits per heavy atom. The van der Waals surface area contributed by atoms with Crippen LogP contribution in [0.15, 0.2) is 18.3 Å². The minimum atomic E-state index is 0. The summed E-state index contributed by atoms with van der Waals surface area (Å²) in [7, 11) is 0. The molecule has 1 aromatic rings. The number of ether oxygens (including phenoxy) is 1. The molecule has 1 aliphatic carbocycles. The highest BCUT2D eigenvalue weighted by Gasteiger charge is 2.20. The molecule has 1 N–H and O–H groups in total. The van der Waals surface area contributed by atoms with E-state index in [-0.39, 0.29) is 12.4 Å². The standard InChI is InChI=1S/C13H20N2O.ClH/c1-11-13(3-2-6-15-11)9-14-7-8-16-10-12-4-5-12;/h2-3,6,12,14H,4-5,7-10H2,1H3;1H. The molecule has 1 aromatic heterocycles. The van der Waals surface area contributed by atoms with Crippen LogP contribution in [0.2, 0.25) is 0 Å². The van der Waals surface area contributed by atoms with Crippen molar-refractivity contribution in [3.8, 4) is 0 Å². The first-order valence-corrected chi connectivity index (χ1v) is 6.05. The number of nitrogens with one attached hydrogen (secondary N) is 1. The van der Waals surface area contributed by atoms with Crippen molar-refractivity contribution < 1.29 is 4.74 Å². The van der Waals surface area contributed by atoms with Crippen LogP contribution in [0.4, 0.5) is 0 Å². The monoisotopic (exact) mass is 256 g/mol. The van der Waals surface area contributed by atoms with Gasteiger partial charge in [-0.1, -0.05) is 6.07 Å². The van der Waals surface area contributed by atoms with Gasteiger partial charge in [0.15, 0.2) is 0 Å². The maximum Gasteiger partial charge on any atom is 0.0591 e. The van der Waals surface area contributed by atoms with Gasteiger partial charge in [0, 0.05) is 31.6 Å². The smallest absolute Gasteiger partial charge is 0.0591 e. The van der Waals surface area contributed by atoms with Crippen molar-refractivity contribution in [1.29, 1.82) is 0 Å². The molecule has 0 atom stereocenters. The van der Waals surface area contributed by atoms with E-state index in [0.717, 1.165) is 37.9 Å². The van der Waals surface area contributed by atoms with E-state index in [4.69, 9.17) is 4.74 Å². The Kier molecular flexibility index (Phi) is 6.48. The number of nitrogens with zero attached hydrogens (tertiary/aromatic N) is 1. The molecular formula is C13H21ClN2O. The SMILES string of the molecule is Cc1ncccc1CNCCOCC1CC1.Cl. The Bertz CT molecular complexity index is 329. The van der Waals surface area contributed by atoms with Crippen molar-refractivity contribution in [3.63, 3.8) is 0 Å². The lowest BCUT2D eigenvalue weighted by Crippen LogP contribution is -2.20. The first kappa shape index (κ1) is 14.4. The topological polar surface area (TPSA) is 34.2 Å². The van der Waals surface area contributed by atoms with Gasteiger partial charge >= 0.3 is 0 Å². The van der Waals surface area contributed by atoms with Gasteiger partial charge in [-0.15, -0.1) is 12.4 Å². The van der Waals surface area contributed by atoms with E-state index in [2.05, 4.69) is 16.4 Å². The van der Waals surface area contributed by atoms with E-state index in [1.807, 2.05) is 19.2 Å². The normalized spacial score (nSPS) is 14.4. The quantitative estimate of drug-likeness (QED) is 0.761. The third-order valence-corrected chi connectivity index (χ3v) is 2.91. The van der Waals surface area contributed by atoms with Gasteiger partial charge in [-0.3, -0.25) is 4.98 Å². The predicted octanol–water partition coefficient (Wildman–Crippen LogP) is 2.33. The van der Waals surface area contributed by atoms with Crippen molar-refractivity contribution in [2.24, 2.45) is 5.92 Å². The molecule has 1 saturated carbocycles. The summed E-state index contributed by atoms with van der Waals surface area (Å²) >= 11 is 0. The zero-order chi connectivity index (χ0) is 11.2. The van der Waals surface area contributed by atoms with Gasteiger partial charge < -0.3 is 10.1 Å². The van der Waals surface area contributed by atoms with Crippen LogP contribution in [0.25, 0.3) is 0 Å². The molecule has 2 rings (SSSR count). The molecule has 1 aliphatic rings. The molecule has 4 heteroatoms. The van der Waals surface area contributed by atoms with Crippen LogP contribution in [-0.2, 0) is 11.3 Å². The lowest BCUT2D eigenvalue weighted by Gasteiger charge is -2.07. The maximum absolute atomic E-state index is 5.55. The first-order valence-electron chi connectivity index (χ1n) is 6.05. The molecule has 0 amide bonds. The molecule has 0 bridgehead atoms. The van der Waals surface area contributed by atoms with Crippen LogP contribution in [0.5, 0.6) is 0 Å². The highest BCUT2D eigenvalue weighted by Crippen LogP contribution is 2.28. The lowest BCUT2D eigenvalue weighted by molar-refractivity contribution is 0.126. The van der Waals surface area contributed by atoms with Crippen LogP contribution in [0.3, 0.4) is 0 Å². The molecule has 0 unspecified atom stereocenters. The molecule has 0 spiro atoms. The van der Waals surface area contributed by atoms with Gasteiger partial charge in [-0.25, -0.2) is 0 Å². The first-order chi connectivity index (χ1) is 7.86. The van der Waals surface area contributed by atoms with Crippen LogP contribution >= 0.6 is 12.4 Å². The minimum Gasteiger partial charge on any atom is -0.380 e. The van der Waals surface area contributed by atoms with E-state index in [0.29, 0.717) is 0 Å². The van der Waals surface area contributed by atoms with E-state index in [9.17, 15) is 0 Å². The summed E-state index contributed by atoms with van der Waals surface area (Å²) in [5.41, 5.74) is 2.37. The van der Waals surface area contributed by atoms with Crippen molar-refractivity contribution in [1.82, 2.24) is 10.3 Å². The minimum absolute atomic E-state index is 0. The van der Waals surface area contributed by atoms with Gasteiger partial charge in [-0.05, 0) is 37.3 Å². The highest BCUT2D eigenvalue weighted by atomic mass is 35.5. The fourth-order valence-electron chi connectivity index (χ4n) is 1.61. The second-order valence-corrected chi connectivity index (χ2v) is 4.44. The van der Waals surface area contributed by atoms with Crippen molar-refractivity contribution in [3.05, 3.63) is 29.6 Å². The van der Waals surface area contributed by atoms with E-state index < -0.39 is 0 Å². The van der Waals surface area contributed by atoms with Crippen LogP contribution in [0.1, 0.15) is 24.1 Å². The molecule has 3 nitrogen and oxygen atoms in total. The summed E-state index contributed by atoms with van der Waals surface area (Å²) in [5.74, 6) is 0.862. The Morgan fingerprint density at radius 2 is 2.29 bits per heavy atom. The average molecular weight is 257 g/mol. The van der Waals surface area contributed by atoms with E-state index >= 15 is 0 Å². The van der Waals surface area contributed by atoms with Gasteiger partial charge in [0.1, 0.15) is 0 Å². The fourth-order valence-corrected chi connectivity index (χ4v) is 1.61. The number of hydrogen-bond acceptors (Lipinski definition) is 3. The molecule has 0 aromatic carbocycles. The Morgan fingerprint density at radius 1 is 1.47 bits per heavy atom. The van der Waals surface area contributed by atoms with Gasteiger partial charge in [0.25, 0.3) is 0 Å².